The second-order valence-electron chi connectivity index (χ2n) is 8.14. The molecule has 0 amide bonds. The fourth-order valence-electron chi connectivity index (χ4n) is 4.03. The standard InChI is InChI=1S/C24H27ClN4OS/c1-16-8-9-17(25)15-18(16)20-10-11-21(30-20)23-22(19-7-4-5-12-26-19)27-24(31)29(23)14-6-13-28(2)3/h4-5,7-12,15,22-23H,6,13-14H2,1-3H3,(H,27,31)/t22-,23-/m0/s1. The molecular formula is C24H27ClN4OS. The highest BCUT2D eigenvalue weighted by molar-refractivity contribution is 7.80. The SMILES string of the molecule is Cc1ccc(Cl)cc1-c1ccc([C@H]2[C@H](c3ccccn3)NC(=S)N2CCCN(C)C)o1. The van der Waals surface area contributed by atoms with Crippen LogP contribution in [0.4, 0.5) is 0 Å². The first-order chi connectivity index (χ1) is 14.9. The van der Waals surface area contributed by atoms with Crippen LogP contribution in [0.2, 0.25) is 5.02 Å². The number of hydrogen-bond donors (Lipinski definition) is 1. The van der Waals surface area contributed by atoms with Crippen molar-refractivity contribution >= 4 is 28.9 Å². The van der Waals surface area contributed by atoms with Crippen molar-refractivity contribution in [2.45, 2.75) is 25.4 Å². The molecule has 1 N–H and O–H groups in total. The number of halogens is 1. The van der Waals surface area contributed by atoms with Crippen molar-refractivity contribution in [2.24, 2.45) is 0 Å². The van der Waals surface area contributed by atoms with E-state index in [9.17, 15) is 0 Å². The van der Waals surface area contributed by atoms with E-state index >= 15 is 0 Å². The van der Waals surface area contributed by atoms with E-state index < -0.39 is 0 Å². The normalized spacial score (nSPS) is 18.6. The monoisotopic (exact) mass is 454 g/mol. The van der Waals surface area contributed by atoms with E-state index in [-0.39, 0.29) is 12.1 Å². The summed E-state index contributed by atoms with van der Waals surface area (Å²) in [6, 6.07) is 15.7. The van der Waals surface area contributed by atoms with Crippen LogP contribution in [-0.2, 0) is 0 Å². The third kappa shape index (κ3) is 4.76. The van der Waals surface area contributed by atoms with Crippen LogP contribution in [0.5, 0.6) is 0 Å². The van der Waals surface area contributed by atoms with Crippen LogP contribution < -0.4 is 5.32 Å². The summed E-state index contributed by atoms with van der Waals surface area (Å²) in [4.78, 5) is 9.00. The number of hydrogen-bond acceptors (Lipinski definition) is 4. The summed E-state index contributed by atoms with van der Waals surface area (Å²) >= 11 is 12.0. The Morgan fingerprint density at radius 3 is 2.77 bits per heavy atom. The van der Waals surface area contributed by atoms with Gasteiger partial charge in [-0.1, -0.05) is 23.7 Å². The topological polar surface area (TPSA) is 44.5 Å². The van der Waals surface area contributed by atoms with Gasteiger partial charge in [-0.25, -0.2) is 0 Å². The van der Waals surface area contributed by atoms with Gasteiger partial charge in [0.2, 0.25) is 0 Å². The number of nitrogens with one attached hydrogen (secondary N) is 1. The largest absolute Gasteiger partial charge is 0.459 e. The van der Waals surface area contributed by atoms with Crippen molar-refractivity contribution < 1.29 is 4.42 Å². The summed E-state index contributed by atoms with van der Waals surface area (Å²) in [7, 11) is 4.17. The first-order valence-corrected chi connectivity index (χ1v) is 11.2. The van der Waals surface area contributed by atoms with E-state index in [2.05, 4.69) is 41.1 Å². The number of aryl methyl sites for hydroxylation is 1. The molecule has 1 aliphatic heterocycles. The van der Waals surface area contributed by atoms with Gasteiger partial charge in [0, 0.05) is 23.3 Å². The molecule has 0 bridgehead atoms. The van der Waals surface area contributed by atoms with Crippen LogP contribution in [0.25, 0.3) is 11.3 Å². The predicted octanol–water partition coefficient (Wildman–Crippen LogP) is 5.23. The van der Waals surface area contributed by atoms with Gasteiger partial charge in [-0.15, -0.1) is 0 Å². The van der Waals surface area contributed by atoms with E-state index in [1.807, 2.05) is 54.7 Å². The van der Waals surface area contributed by atoms with Crippen molar-refractivity contribution in [3.63, 3.8) is 0 Å². The molecule has 2 atom stereocenters. The molecule has 2 aromatic heterocycles. The third-order valence-corrected chi connectivity index (χ3v) is 6.17. The molecule has 0 radical (unpaired) electrons. The number of nitrogens with zero attached hydrogens (tertiary/aromatic N) is 3. The lowest BCUT2D eigenvalue weighted by molar-refractivity contribution is 0.261. The van der Waals surface area contributed by atoms with Gasteiger partial charge in [0.25, 0.3) is 0 Å². The maximum absolute atomic E-state index is 6.41. The van der Waals surface area contributed by atoms with E-state index in [4.69, 9.17) is 28.2 Å². The molecular weight excluding hydrogens is 428 g/mol. The summed E-state index contributed by atoms with van der Waals surface area (Å²) in [5.41, 5.74) is 3.07. The second-order valence-corrected chi connectivity index (χ2v) is 8.96. The minimum atomic E-state index is -0.0764. The molecule has 0 spiro atoms. The maximum Gasteiger partial charge on any atom is 0.170 e. The quantitative estimate of drug-likeness (QED) is 0.493. The Labute approximate surface area is 194 Å². The summed E-state index contributed by atoms with van der Waals surface area (Å²) in [5, 5.41) is 4.90. The predicted molar refractivity (Wildman–Crippen MR) is 129 cm³/mol. The lowest BCUT2D eigenvalue weighted by Gasteiger charge is -2.26. The molecule has 162 valence electrons. The lowest BCUT2D eigenvalue weighted by Crippen LogP contribution is -2.32. The van der Waals surface area contributed by atoms with Crippen LogP contribution in [0.1, 0.15) is 35.5 Å². The molecule has 1 saturated heterocycles. The van der Waals surface area contributed by atoms with E-state index in [0.29, 0.717) is 5.02 Å². The van der Waals surface area contributed by atoms with Gasteiger partial charge in [0.15, 0.2) is 5.11 Å². The zero-order valence-electron chi connectivity index (χ0n) is 18.0. The number of thiocarbonyl (C=S) groups is 1. The first-order valence-electron chi connectivity index (χ1n) is 10.4. The van der Waals surface area contributed by atoms with Crippen LogP contribution in [0.3, 0.4) is 0 Å². The highest BCUT2D eigenvalue weighted by Crippen LogP contribution is 2.41. The summed E-state index contributed by atoms with van der Waals surface area (Å²) in [6.45, 7) is 3.89. The molecule has 31 heavy (non-hydrogen) atoms. The Morgan fingerprint density at radius 2 is 2.03 bits per heavy atom. The summed E-state index contributed by atoms with van der Waals surface area (Å²) in [5.74, 6) is 1.67. The van der Waals surface area contributed by atoms with Crippen LogP contribution in [0.15, 0.2) is 59.1 Å². The highest BCUT2D eigenvalue weighted by atomic mass is 35.5. The van der Waals surface area contributed by atoms with Crippen molar-refractivity contribution in [1.29, 1.82) is 0 Å². The molecule has 4 rings (SSSR count). The number of benzene rings is 1. The van der Waals surface area contributed by atoms with E-state index in [0.717, 1.165) is 53.0 Å². The number of rotatable bonds is 7. The second kappa shape index (κ2) is 9.39. The fraction of sp³-hybridized carbons (Fsp3) is 0.333. The zero-order chi connectivity index (χ0) is 22.0. The first kappa shape index (κ1) is 21.8. The Kier molecular flexibility index (Phi) is 6.60. The van der Waals surface area contributed by atoms with Crippen LogP contribution >= 0.6 is 23.8 Å². The Bertz CT molecular complexity index is 1050. The van der Waals surface area contributed by atoms with Crippen molar-refractivity contribution in [2.75, 3.05) is 27.2 Å². The Morgan fingerprint density at radius 1 is 1.19 bits per heavy atom. The van der Waals surface area contributed by atoms with Crippen molar-refractivity contribution in [3.8, 4) is 11.3 Å². The summed E-state index contributed by atoms with van der Waals surface area (Å²) < 4.78 is 6.41. The van der Waals surface area contributed by atoms with Gasteiger partial charge in [-0.3, -0.25) is 4.98 Å². The van der Waals surface area contributed by atoms with E-state index in [1.54, 1.807) is 0 Å². The van der Waals surface area contributed by atoms with Gasteiger partial charge >= 0.3 is 0 Å². The minimum absolute atomic E-state index is 0.0715. The molecule has 5 nitrogen and oxygen atoms in total. The molecule has 0 aliphatic carbocycles. The summed E-state index contributed by atoms with van der Waals surface area (Å²) in [6.07, 6.45) is 2.82. The van der Waals surface area contributed by atoms with Crippen molar-refractivity contribution in [3.05, 3.63) is 76.8 Å². The average molecular weight is 455 g/mol. The Hall–Kier alpha value is -2.41. The number of aromatic nitrogens is 1. The van der Waals surface area contributed by atoms with Crippen LogP contribution in [-0.4, -0.2) is 47.1 Å². The van der Waals surface area contributed by atoms with E-state index in [1.165, 1.54) is 0 Å². The lowest BCUT2D eigenvalue weighted by atomic mass is 10.0. The minimum Gasteiger partial charge on any atom is -0.459 e. The molecule has 7 heteroatoms. The third-order valence-electron chi connectivity index (χ3n) is 5.59. The van der Waals surface area contributed by atoms with Crippen molar-refractivity contribution in [1.82, 2.24) is 20.1 Å². The fourth-order valence-corrected chi connectivity index (χ4v) is 4.53. The molecule has 0 unspecified atom stereocenters. The van der Waals surface area contributed by atoms with Gasteiger partial charge in [-0.2, -0.15) is 0 Å². The Balaban J connectivity index is 1.69. The molecule has 1 fully saturated rings. The molecule has 1 aliphatic rings. The molecule has 0 saturated carbocycles. The van der Waals surface area contributed by atoms with Gasteiger partial charge in [0.05, 0.1) is 11.7 Å². The smallest absolute Gasteiger partial charge is 0.170 e. The highest BCUT2D eigenvalue weighted by Gasteiger charge is 2.41. The average Bonchev–Trinajstić information content (AvgIpc) is 3.35. The molecule has 3 heterocycles. The number of pyridine rings is 1. The maximum atomic E-state index is 6.41. The van der Waals surface area contributed by atoms with Gasteiger partial charge in [0.1, 0.15) is 17.6 Å². The molecule has 1 aromatic carbocycles. The number of furan rings is 1. The molecule has 3 aromatic rings. The van der Waals surface area contributed by atoms with Crippen LogP contribution in [0, 0.1) is 6.92 Å². The zero-order valence-corrected chi connectivity index (χ0v) is 19.6. The van der Waals surface area contributed by atoms with Gasteiger partial charge < -0.3 is 19.5 Å². The van der Waals surface area contributed by atoms with Gasteiger partial charge in [-0.05, 0) is 88.2 Å².